The van der Waals surface area contributed by atoms with Crippen LogP contribution in [-0.4, -0.2) is 68.9 Å². The highest BCUT2D eigenvalue weighted by Gasteiger charge is 2.55. The lowest BCUT2D eigenvalue weighted by atomic mass is 10.00. The molecule has 0 saturated carbocycles. The van der Waals surface area contributed by atoms with Crippen LogP contribution in [-0.2, 0) is 41.7 Å². The van der Waals surface area contributed by atoms with Gasteiger partial charge in [0.15, 0.2) is 18.5 Å². The smallest absolute Gasteiger partial charge is 0.408 e. The summed E-state index contributed by atoms with van der Waals surface area (Å²) < 4.78 is 13.3. The Hall–Kier alpha value is -4.95. The minimum atomic E-state index is -0.906. The molecule has 2 aromatic carbocycles. The van der Waals surface area contributed by atoms with E-state index in [0.717, 1.165) is 16.7 Å². The van der Waals surface area contributed by atoms with E-state index in [1.54, 1.807) is 48.7 Å². The zero-order chi connectivity index (χ0) is 36.3. The summed E-state index contributed by atoms with van der Waals surface area (Å²) in [5, 5.41) is 2.09. The van der Waals surface area contributed by atoms with Crippen LogP contribution in [0.1, 0.15) is 50.0 Å². The van der Waals surface area contributed by atoms with Gasteiger partial charge in [0.25, 0.3) is 11.8 Å². The molecule has 3 N–H and O–H groups in total. The number of carbonyl (C=O) groups is 5. The van der Waals surface area contributed by atoms with Gasteiger partial charge < -0.3 is 42.4 Å². The maximum Gasteiger partial charge on any atom is 0.408 e. The van der Waals surface area contributed by atoms with Gasteiger partial charge in [-0.05, 0) is 55.5 Å². The standard InChI is InChI=1S/C38H39N5O7S.BrH/c1-38(2,3)50-37(48)40-30-34(46)43-31(36(47)49-32(25-10-6-4-7-11-25)26-12-8-5-9-13-26)28(23-51-35(30)43)20-27-16-19-42(33(27)45)21-24-14-17-41(18-15-24)22-29(39)44;/h4-15,17-18,20,30,32,35H,16,19,21-23H2,1-3H3,(H2-,39,40,44,48);1H. The lowest BCUT2D eigenvalue weighted by Crippen LogP contribution is -3.00. The zero-order valence-corrected chi connectivity index (χ0v) is 31.4. The maximum absolute atomic E-state index is 14.3. The van der Waals surface area contributed by atoms with E-state index in [4.69, 9.17) is 15.2 Å². The van der Waals surface area contributed by atoms with Gasteiger partial charge in [0.05, 0.1) is 0 Å². The van der Waals surface area contributed by atoms with Crippen molar-refractivity contribution >= 4 is 41.5 Å². The van der Waals surface area contributed by atoms with Crippen molar-refractivity contribution in [3.05, 3.63) is 125 Å². The number of hydrogen-bond acceptors (Lipinski definition) is 8. The fraction of sp³-hybridized carbons (Fsp3) is 0.316. The minimum absolute atomic E-state index is 0. The van der Waals surface area contributed by atoms with E-state index < -0.39 is 47.0 Å². The lowest BCUT2D eigenvalue weighted by Gasteiger charge is -2.49. The number of esters is 1. The number of ether oxygens (including phenoxy) is 2. The molecule has 0 spiro atoms. The third-order valence-corrected chi connectivity index (χ3v) is 9.83. The third-order valence-electron chi connectivity index (χ3n) is 8.53. The highest BCUT2D eigenvalue weighted by atomic mass is 79.9. The van der Waals surface area contributed by atoms with Crippen LogP contribution in [0.4, 0.5) is 4.79 Å². The van der Waals surface area contributed by atoms with Crippen LogP contribution >= 0.6 is 11.8 Å². The first-order chi connectivity index (χ1) is 24.4. The van der Waals surface area contributed by atoms with E-state index in [9.17, 15) is 24.0 Å². The molecule has 14 heteroatoms. The number of aromatic nitrogens is 1. The number of alkyl carbamates (subject to hydrolysis) is 1. The summed E-state index contributed by atoms with van der Waals surface area (Å²) in [4.78, 5) is 68.6. The van der Waals surface area contributed by atoms with Gasteiger partial charge in [0.2, 0.25) is 12.5 Å². The number of primary amides is 1. The largest absolute Gasteiger partial charge is 1.00 e. The Kier molecular flexibility index (Phi) is 11.9. The van der Waals surface area contributed by atoms with Crippen LogP contribution in [0.3, 0.4) is 0 Å². The Morgan fingerprint density at radius 1 is 1.00 bits per heavy atom. The summed E-state index contributed by atoms with van der Waals surface area (Å²) in [5.74, 6) is -1.53. The molecule has 272 valence electrons. The molecular weight excluding hydrogens is 750 g/mol. The number of benzene rings is 2. The molecule has 0 aliphatic carbocycles. The molecule has 2 fully saturated rings. The molecule has 3 aliphatic heterocycles. The monoisotopic (exact) mass is 789 g/mol. The predicted octanol–water partition coefficient (Wildman–Crippen LogP) is 0.517. The van der Waals surface area contributed by atoms with Crippen molar-refractivity contribution in [2.45, 2.75) is 63.4 Å². The highest BCUT2D eigenvalue weighted by Crippen LogP contribution is 2.42. The number of nitrogens with two attached hydrogens (primary N) is 1. The Bertz CT molecular complexity index is 1860. The van der Waals surface area contributed by atoms with Crippen LogP contribution in [0.5, 0.6) is 0 Å². The van der Waals surface area contributed by atoms with Gasteiger partial charge in [0, 0.05) is 36.5 Å². The van der Waals surface area contributed by atoms with Crippen molar-refractivity contribution < 1.29 is 55.0 Å². The first-order valence-electron chi connectivity index (χ1n) is 16.6. The van der Waals surface area contributed by atoms with Gasteiger partial charge in [-0.15, -0.1) is 11.8 Å². The quantitative estimate of drug-likeness (QED) is 0.131. The van der Waals surface area contributed by atoms with Crippen molar-refractivity contribution in [2.24, 2.45) is 5.73 Å². The number of hydrogen-bond donors (Lipinski definition) is 2. The van der Waals surface area contributed by atoms with Gasteiger partial charge in [0.1, 0.15) is 22.7 Å². The number of β-lactam (4-membered cyclic amide) rings is 1. The molecule has 0 bridgehead atoms. The first kappa shape index (κ1) is 38.3. The van der Waals surface area contributed by atoms with E-state index in [-0.39, 0.29) is 35.1 Å². The van der Waals surface area contributed by atoms with E-state index in [1.165, 1.54) is 16.7 Å². The van der Waals surface area contributed by atoms with E-state index in [1.807, 2.05) is 72.8 Å². The lowest BCUT2D eigenvalue weighted by molar-refractivity contribution is -0.684. The minimum Gasteiger partial charge on any atom is -1.00 e. The third kappa shape index (κ3) is 8.73. The van der Waals surface area contributed by atoms with Crippen molar-refractivity contribution in [1.29, 1.82) is 0 Å². The molecule has 3 aliphatic rings. The molecule has 12 nitrogen and oxygen atoms in total. The Morgan fingerprint density at radius 3 is 2.19 bits per heavy atom. The molecule has 2 unspecified atom stereocenters. The number of thioether (sulfide) groups is 1. The highest BCUT2D eigenvalue weighted by molar-refractivity contribution is 8.00. The summed E-state index contributed by atoms with van der Waals surface area (Å²) in [7, 11) is 0. The molecular formula is C38H40BrN5O7S. The molecule has 2 saturated heterocycles. The number of fused-ring (bicyclic) bond motifs is 1. The number of nitrogens with one attached hydrogen (secondary N) is 1. The van der Waals surface area contributed by atoms with Crippen LogP contribution in [0.25, 0.3) is 0 Å². The van der Waals surface area contributed by atoms with Crippen LogP contribution in [0.15, 0.2) is 108 Å². The van der Waals surface area contributed by atoms with Crippen molar-refractivity contribution in [3.63, 3.8) is 0 Å². The number of allylic oxidation sites excluding steroid dienone is 1. The fourth-order valence-electron chi connectivity index (χ4n) is 6.19. The molecule has 0 radical (unpaired) electrons. The van der Waals surface area contributed by atoms with E-state index >= 15 is 0 Å². The maximum atomic E-state index is 14.3. The van der Waals surface area contributed by atoms with Crippen LogP contribution in [0.2, 0.25) is 0 Å². The van der Waals surface area contributed by atoms with Gasteiger partial charge in [-0.1, -0.05) is 60.7 Å². The van der Waals surface area contributed by atoms with Gasteiger partial charge in [-0.2, -0.15) is 4.57 Å². The molecule has 2 atom stereocenters. The second kappa shape index (κ2) is 16.2. The first-order valence-corrected chi connectivity index (χ1v) is 17.7. The van der Waals surface area contributed by atoms with E-state index in [0.29, 0.717) is 36.4 Å². The number of pyridine rings is 1. The molecule has 4 amide bonds. The Morgan fingerprint density at radius 2 is 1.62 bits per heavy atom. The van der Waals surface area contributed by atoms with Crippen LogP contribution < -0.4 is 32.6 Å². The zero-order valence-electron chi connectivity index (χ0n) is 29.0. The number of carbonyl (C=O) groups excluding carboxylic acids is 5. The number of likely N-dealkylation sites (tertiary alicyclic amines) is 1. The van der Waals surface area contributed by atoms with Gasteiger partial charge in [-0.25, -0.2) is 9.59 Å². The SMILES string of the molecule is CC(C)(C)OC(=O)NC1C(=O)N2C(C(=O)OC(c3ccccc3)c3ccccc3)=C(C=C3CCN(Cc4cc[n+](CC(N)=O)cc4)C3=O)CSC12.[Br-]. The van der Waals surface area contributed by atoms with Crippen molar-refractivity contribution in [3.8, 4) is 0 Å². The van der Waals surface area contributed by atoms with Gasteiger partial charge >= 0.3 is 12.1 Å². The number of halogens is 1. The molecule has 3 aromatic rings. The number of nitrogens with zero attached hydrogens (tertiary/aromatic N) is 3. The van der Waals surface area contributed by atoms with Crippen LogP contribution in [0, 0.1) is 0 Å². The molecule has 52 heavy (non-hydrogen) atoms. The number of amides is 4. The average molecular weight is 791 g/mol. The summed E-state index contributed by atoms with van der Waals surface area (Å²) >= 11 is 1.38. The topological polar surface area (TPSA) is 152 Å². The predicted molar refractivity (Wildman–Crippen MR) is 188 cm³/mol. The molecule has 6 rings (SSSR count). The average Bonchev–Trinajstić information content (AvgIpc) is 3.44. The number of rotatable bonds is 10. The summed E-state index contributed by atoms with van der Waals surface area (Å²) in [6.45, 7) is 6.08. The van der Waals surface area contributed by atoms with E-state index in [2.05, 4.69) is 5.32 Å². The normalized spacial score (nSPS) is 19.2. The van der Waals surface area contributed by atoms with Crippen molar-refractivity contribution in [2.75, 3.05) is 12.3 Å². The fourth-order valence-corrected chi connectivity index (χ4v) is 7.49. The summed E-state index contributed by atoms with van der Waals surface area (Å²) in [6, 6.07) is 21.4. The second-order valence-corrected chi connectivity index (χ2v) is 14.6. The summed E-state index contributed by atoms with van der Waals surface area (Å²) in [6.07, 6.45) is 4.13. The molecule has 1 aromatic heterocycles. The molecule has 4 heterocycles. The van der Waals surface area contributed by atoms with Gasteiger partial charge in [-0.3, -0.25) is 19.3 Å². The van der Waals surface area contributed by atoms with Crippen molar-refractivity contribution in [1.82, 2.24) is 15.1 Å². The summed E-state index contributed by atoms with van der Waals surface area (Å²) in [5.41, 5.74) is 7.95. The Labute approximate surface area is 316 Å². The second-order valence-electron chi connectivity index (χ2n) is 13.5. The Balaban J connectivity index is 0.00000523.